The molecule has 15 atom stereocenters. The van der Waals surface area contributed by atoms with Crippen molar-refractivity contribution < 1.29 is 112 Å². The fraction of sp³-hybridized carbons (Fsp3) is 0.558. The summed E-state index contributed by atoms with van der Waals surface area (Å²) in [5.41, 5.74) is 0.918. The molecule has 0 unspecified atom stereocenters. The maximum absolute atomic E-state index is 13.8. The summed E-state index contributed by atoms with van der Waals surface area (Å²) in [6, 6.07) is 9.72. The van der Waals surface area contributed by atoms with Crippen LogP contribution in [0, 0.1) is 0 Å². The summed E-state index contributed by atoms with van der Waals surface area (Å²) in [6.45, 7) is 3.82. The molecule has 5 rings (SSSR count). The molecule has 66 heavy (non-hydrogen) atoms. The Labute approximate surface area is 377 Å². The number of carbonyl (C=O) groups excluding carboxylic acids is 5. The molecule has 0 aromatic heterocycles. The number of aromatic hydroxyl groups is 3. The fourth-order valence-electron chi connectivity index (χ4n) is 7.33. The Morgan fingerprint density at radius 1 is 0.606 bits per heavy atom. The van der Waals surface area contributed by atoms with Gasteiger partial charge in [-0.25, -0.2) is 4.79 Å². The van der Waals surface area contributed by atoms with Gasteiger partial charge in [0.2, 0.25) is 0 Å². The Bertz CT molecular complexity index is 2010. The van der Waals surface area contributed by atoms with Gasteiger partial charge in [0, 0.05) is 33.8 Å². The van der Waals surface area contributed by atoms with Crippen LogP contribution >= 0.6 is 0 Å². The number of phenolic OH excluding ortho intramolecular Hbond substituents is 3. The van der Waals surface area contributed by atoms with Crippen LogP contribution in [-0.4, -0.2) is 178 Å². The molecular formula is C43H54O23. The maximum atomic E-state index is 13.8. The molecule has 0 radical (unpaired) electrons. The van der Waals surface area contributed by atoms with Gasteiger partial charge in [-0.3, -0.25) is 19.2 Å². The molecule has 3 aliphatic heterocycles. The van der Waals surface area contributed by atoms with Crippen molar-refractivity contribution in [2.45, 2.75) is 133 Å². The van der Waals surface area contributed by atoms with Crippen molar-refractivity contribution in [3.05, 3.63) is 59.7 Å². The molecule has 0 saturated carbocycles. The zero-order valence-electron chi connectivity index (χ0n) is 36.3. The third-order valence-corrected chi connectivity index (χ3v) is 10.4. The standard InChI is InChI=1S/C43H54O23/c1-19-35(59-20(2)45)37(60-21(3)46)40(62-23(5)48)43(58-19)66-38-36(65-31(52)13-9-24-6-10-26(49)11-7-24)30(18-57-41-34(55)33(54)32(53)29(17-44)63-41)64-42(39(38)61-22(4)47)56-15-14-25-8-12-27(50)28(51)16-25/h6-13,16,19,29-30,32-44,49-51,53-55H,14-15,17-18H2,1-5H3/t19-,29-,30-,32+,33+,34-,35-,36-,37-,38+,39-,40+,41+,42-,43+/m1/s1. The Morgan fingerprint density at radius 3 is 1.80 bits per heavy atom. The maximum Gasteiger partial charge on any atom is 0.331 e. The molecule has 3 heterocycles. The Hall–Kier alpha value is -5.47. The van der Waals surface area contributed by atoms with Crippen molar-refractivity contribution >= 4 is 35.9 Å². The predicted octanol–water partition coefficient (Wildman–Crippen LogP) is -0.614. The number of carbonyl (C=O) groups is 5. The number of benzene rings is 2. The van der Waals surface area contributed by atoms with Crippen molar-refractivity contribution in [1.82, 2.24) is 0 Å². The van der Waals surface area contributed by atoms with E-state index in [4.69, 9.17) is 52.1 Å². The first-order chi connectivity index (χ1) is 31.3. The summed E-state index contributed by atoms with van der Waals surface area (Å²) < 4.78 is 64.7. The highest BCUT2D eigenvalue weighted by Crippen LogP contribution is 2.36. The Kier molecular flexibility index (Phi) is 18.2. The van der Waals surface area contributed by atoms with Crippen LogP contribution in [0.25, 0.3) is 6.08 Å². The number of hydrogen-bond donors (Lipinski definition) is 7. The van der Waals surface area contributed by atoms with Crippen molar-refractivity contribution in [2.75, 3.05) is 19.8 Å². The molecule has 23 heteroatoms. The molecule has 0 aliphatic carbocycles. The molecule has 3 aliphatic rings. The van der Waals surface area contributed by atoms with Crippen molar-refractivity contribution in [2.24, 2.45) is 0 Å². The highest BCUT2D eigenvalue weighted by Gasteiger charge is 2.57. The summed E-state index contributed by atoms with van der Waals surface area (Å²) in [5.74, 6) is -5.51. The average molecular weight is 939 g/mol. The van der Waals surface area contributed by atoms with E-state index in [1.54, 1.807) is 0 Å². The molecular weight excluding hydrogens is 884 g/mol. The highest BCUT2D eigenvalue weighted by molar-refractivity contribution is 5.87. The topological polar surface area (TPSA) is 328 Å². The van der Waals surface area contributed by atoms with Crippen molar-refractivity contribution in [3.63, 3.8) is 0 Å². The number of phenols is 3. The minimum Gasteiger partial charge on any atom is -0.508 e. The highest BCUT2D eigenvalue weighted by atomic mass is 16.8. The number of ether oxygens (including phenoxy) is 11. The van der Waals surface area contributed by atoms with Crippen molar-refractivity contribution in [1.29, 1.82) is 0 Å². The minimum atomic E-state index is -1.90. The molecule has 3 fully saturated rings. The summed E-state index contributed by atoms with van der Waals surface area (Å²) >= 11 is 0. The van der Waals surface area contributed by atoms with Crippen molar-refractivity contribution in [3.8, 4) is 17.2 Å². The first-order valence-electron chi connectivity index (χ1n) is 20.6. The van der Waals surface area contributed by atoms with Crippen LogP contribution in [0.2, 0.25) is 0 Å². The van der Waals surface area contributed by atoms with E-state index in [9.17, 15) is 59.7 Å². The number of aliphatic hydroxyl groups is 4. The van der Waals surface area contributed by atoms with E-state index in [0.29, 0.717) is 11.1 Å². The SMILES string of the molecule is CC(=O)O[C@H]1[C@H](OC(C)=O)[C@H](O[C@@H]2[C@@H](OC(C)=O)[C@H](OCCc3ccc(O)c(O)c3)O[C@H](CO[C@H]3O[C@H](CO)[C@H](O)[C@H](O)[C@H]3O)[C@H]2OC(=O)C=Cc2ccc(O)cc2)O[C@H](C)[C@H]1OC(C)=O. The van der Waals surface area contributed by atoms with E-state index >= 15 is 0 Å². The second-order valence-corrected chi connectivity index (χ2v) is 15.5. The van der Waals surface area contributed by atoms with E-state index < -0.39 is 141 Å². The van der Waals surface area contributed by atoms with E-state index in [0.717, 1.165) is 33.8 Å². The van der Waals surface area contributed by atoms with Crippen LogP contribution < -0.4 is 0 Å². The zero-order chi connectivity index (χ0) is 48.4. The van der Waals surface area contributed by atoms with Gasteiger partial charge in [-0.2, -0.15) is 0 Å². The lowest BCUT2D eigenvalue weighted by atomic mass is 9.96. The van der Waals surface area contributed by atoms with Gasteiger partial charge >= 0.3 is 29.8 Å². The van der Waals surface area contributed by atoms with Crippen LogP contribution in [0.3, 0.4) is 0 Å². The lowest BCUT2D eigenvalue weighted by Gasteiger charge is -2.49. The number of esters is 5. The summed E-state index contributed by atoms with van der Waals surface area (Å²) in [4.78, 5) is 64.0. The second-order valence-electron chi connectivity index (χ2n) is 15.5. The third kappa shape index (κ3) is 13.6. The lowest BCUT2D eigenvalue weighted by molar-refractivity contribution is -0.365. The third-order valence-electron chi connectivity index (χ3n) is 10.4. The largest absolute Gasteiger partial charge is 0.508 e. The number of aliphatic hydroxyl groups excluding tert-OH is 4. The van der Waals surface area contributed by atoms with E-state index in [-0.39, 0.29) is 24.5 Å². The smallest absolute Gasteiger partial charge is 0.331 e. The molecule has 0 spiro atoms. The first-order valence-corrected chi connectivity index (χ1v) is 20.6. The van der Waals surface area contributed by atoms with Gasteiger partial charge in [0.1, 0.15) is 42.4 Å². The number of rotatable bonds is 17. The molecule has 0 amide bonds. The molecule has 2 aromatic carbocycles. The van der Waals surface area contributed by atoms with Gasteiger partial charge in [-0.1, -0.05) is 18.2 Å². The molecule has 2 aromatic rings. The number of hydrogen-bond acceptors (Lipinski definition) is 23. The minimum absolute atomic E-state index is 0.0489. The van der Waals surface area contributed by atoms with E-state index in [2.05, 4.69) is 0 Å². The van der Waals surface area contributed by atoms with Gasteiger partial charge in [-0.15, -0.1) is 0 Å². The van der Waals surface area contributed by atoms with E-state index in [1.807, 2.05) is 0 Å². The average Bonchev–Trinajstić information content (AvgIpc) is 3.24. The molecule has 364 valence electrons. The van der Waals surface area contributed by atoms with Gasteiger partial charge in [0.05, 0.1) is 25.9 Å². The van der Waals surface area contributed by atoms with Gasteiger partial charge in [0.25, 0.3) is 0 Å². The Balaban J connectivity index is 1.59. The zero-order valence-corrected chi connectivity index (χ0v) is 36.3. The molecule has 7 N–H and O–H groups in total. The normalized spacial score (nSPS) is 32.2. The molecule has 3 saturated heterocycles. The summed E-state index contributed by atoms with van der Waals surface area (Å²) in [5, 5.41) is 71.1. The van der Waals surface area contributed by atoms with Crippen LogP contribution in [0.15, 0.2) is 48.5 Å². The molecule has 23 nitrogen and oxygen atoms in total. The summed E-state index contributed by atoms with van der Waals surface area (Å²) in [7, 11) is 0. The summed E-state index contributed by atoms with van der Waals surface area (Å²) in [6.07, 6.45) is -22.5. The van der Waals surface area contributed by atoms with Crippen LogP contribution in [0.5, 0.6) is 17.2 Å². The molecule has 0 bridgehead atoms. The van der Waals surface area contributed by atoms with Crippen LogP contribution in [0.4, 0.5) is 0 Å². The second kappa shape index (κ2) is 23.3. The Morgan fingerprint density at radius 2 is 1.20 bits per heavy atom. The van der Waals surface area contributed by atoms with E-state index in [1.165, 1.54) is 55.5 Å². The monoisotopic (exact) mass is 938 g/mol. The van der Waals surface area contributed by atoms with Gasteiger partial charge in [-0.05, 0) is 54.8 Å². The van der Waals surface area contributed by atoms with Crippen LogP contribution in [-0.2, 0) is 82.5 Å². The van der Waals surface area contributed by atoms with Gasteiger partial charge < -0.3 is 87.9 Å². The fourth-order valence-corrected chi connectivity index (χ4v) is 7.33. The first kappa shape index (κ1) is 51.5. The quantitative estimate of drug-likeness (QED) is 0.0450. The lowest BCUT2D eigenvalue weighted by Crippen LogP contribution is -2.67. The predicted molar refractivity (Wildman–Crippen MR) is 216 cm³/mol. The van der Waals surface area contributed by atoms with Crippen LogP contribution in [0.1, 0.15) is 45.7 Å². The van der Waals surface area contributed by atoms with Gasteiger partial charge in [0.15, 0.2) is 60.9 Å².